The SMILES string of the molecule is CC(C)(CO)C(/C=C\Cl)=N/N. The molecule has 0 aliphatic heterocycles. The van der Waals surface area contributed by atoms with Gasteiger partial charge < -0.3 is 10.9 Å². The van der Waals surface area contributed by atoms with E-state index in [4.69, 9.17) is 22.6 Å². The third-order valence-electron chi connectivity index (χ3n) is 1.45. The highest BCUT2D eigenvalue weighted by molar-refractivity contribution is 6.27. The van der Waals surface area contributed by atoms with Gasteiger partial charge in [0, 0.05) is 11.0 Å². The summed E-state index contributed by atoms with van der Waals surface area (Å²) in [7, 11) is 0. The molecule has 0 radical (unpaired) electrons. The van der Waals surface area contributed by atoms with Gasteiger partial charge in [-0.25, -0.2) is 0 Å². The van der Waals surface area contributed by atoms with Crippen molar-refractivity contribution in [3.05, 3.63) is 11.6 Å². The van der Waals surface area contributed by atoms with Gasteiger partial charge in [0.1, 0.15) is 0 Å². The summed E-state index contributed by atoms with van der Waals surface area (Å²) >= 11 is 5.34. The maximum absolute atomic E-state index is 8.91. The van der Waals surface area contributed by atoms with Gasteiger partial charge in [-0.15, -0.1) is 0 Å². The smallest absolute Gasteiger partial charge is 0.0688 e. The average Bonchev–Trinajstić information content (AvgIpc) is 2.00. The minimum Gasteiger partial charge on any atom is -0.395 e. The number of halogens is 1. The van der Waals surface area contributed by atoms with Crippen LogP contribution in [0, 0.1) is 5.41 Å². The van der Waals surface area contributed by atoms with E-state index >= 15 is 0 Å². The first-order valence-electron chi connectivity index (χ1n) is 3.24. The maximum Gasteiger partial charge on any atom is 0.0688 e. The van der Waals surface area contributed by atoms with Gasteiger partial charge in [-0.1, -0.05) is 25.4 Å². The van der Waals surface area contributed by atoms with Crippen LogP contribution in [0.25, 0.3) is 0 Å². The van der Waals surface area contributed by atoms with Gasteiger partial charge in [0.25, 0.3) is 0 Å². The summed E-state index contributed by atoms with van der Waals surface area (Å²) in [4.78, 5) is 0. The summed E-state index contributed by atoms with van der Waals surface area (Å²) in [6, 6.07) is 0. The number of nitrogens with zero attached hydrogens (tertiary/aromatic N) is 1. The van der Waals surface area contributed by atoms with E-state index in [1.165, 1.54) is 5.54 Å². The number of hydrogen-bond donors (Lipinski definition) is 2. The second-order valence-corrected chi connectivity index (χ2v) is 3.10. The minimum atomic E-state index is -0.430. The molecule has 0 aliphatic carbocycles. The van der Waals surface area contributed by atoms with Crippen LogP contribution < -0.4 is 5.84 Å². The van der Waals surface area contributed by atoms with E-state index in [0.717, 1.165) is 0 Å². The molecule has 0 bridgehead atoms. The highest BCUT2D eigenvalue weighted by atomic mass is 35.5. The van der Waals surface area contributed by atoms with E-state index in [0.29, 0.717) is 5.71 Å². The van der Waals surface area contributed by atoms with Crippen LogP contribution in [0.2, 0.25) is 0 Å². The Morgan fingerprint density at radius 1 is 1.73 bits per heavy atom. The minimum absolute atomic E-state index is 0.00966. The fourth-order valence-corrected chi connectivity index (χ4v) is 0.703. The van der Waals surface area contributed by atoms with Gasteiger partial charge in [0.15, 0.2) is 0 Å². The summed E-state index contributed by atoms with van der Waals surface area (Å²) in [5, 5.41) is 12.4. The first kappa shape index (κ1) is 10.5. The van der Waals surface area contributed by atoms with Gasteiger partial charge in [-0.3, -0.25) is 0 Å². The number of aliphatic hydroxyl groups is 1. The molecule has 11 heavy (non-hydrogen) atoms. The number of allylic oxidation sites excluding steroid dienone is 1. The van der Waals surface area contributed by atoms with Crippen molar-refractivity contribution in [2.45, 2.75) is 13.8 Å². The Hall–Kier alpha value is -0.540. The lowest BCUT2D eigenvalue weighted by molar-refractivity contribution is 0.214. The van der Waals surface area contributed by atoms with Crippen LogP contribution in [0.15, 0.2) is 16.7 Å². The Bertz CT molecular complexity index is 175. The molecule has 0 aliphatic rings. The molecular weight excluding hydrogens is 164 g/mol. The van der Waals surface area contributed by atoms with Crippen molar-refractivity contribution in [2.24, 2.45) is 16.4 Å². The molecule has 0 atom stereocenters. The Balaban J connectivity index is 4.51. The topological polar surface area (TPSA) is 58.6 Å². The Kier molecular flexibility index (Phi) is 4.15. The average molecular weight is 177 g/mol. The van der Waals surface area contributed by atoms with Gasteiger partial charge in [0.2, 0.25) is 0 Å². The van der Waals surface area contributed by atoms with Crippen LogP contribution in [0.3, 0.4) is 0 Å². The Morgan fingerprint density at radius 2 is 2.27 bits per heavy atom. The maximum atomic E-state index is 8.91. The van der Waals surface area contributed by atoms with Gasteiger partial charge in [-0.05, 0) is 6.08 Å². The van der Waals surface area contributed by atoms with E-state index in [-0.39, 0.29) is 6.61 Å². The summed E-state index contributed by atoms with van der Waals surface area (Å²) in [5.74, 6) is 5.09. The molecule has 0 amide bonds. The summed E-state index contributed by atoms with van der Waals surface area (Å²) in [5.41, 5.74) is 1.47. The summed E-state index contributed by atoms with van der Waals surface area (Å²) < 4.78 is 0. The highest BCUT2D eigenvalue weighted by Gasteiger charge is 2.21. The molecule has 0 fully saturated rings. The van der Waals surface area contributed by atoms with Crippen LogP contribution in [0.4, 0.5) is 0 Å². The van der Waals surface area contributed by atoms with E-state index < -0.39 is 5.41 Å². The van der Waals surface area contributed by atoms with Gasteiger partial charge >= 0.3 is 0 Å². The number of hydrogen-bond acceptors (Lipinski definition) is 3. The molecule has 0 rings (SSSR count). The molecule has 0 aromatic heterocycles. The second-order valence-electron chi connectivity index (χ2n) is 2.85. The first-order chi connectivity index (χ1) is 5.08. The van der Waals surface area contributed by atoms with E-state index in [1.54, 1.807) is 6.08 Å². The number of hydrazone groups is 1. The molecular formula is C7H13ClN2O. The molecule has 0 aromatic carbocycles. The van der Waals surface area contributed by atoms with E-state index in [2.05, 4.69) is 5.10 Å². The third kappa shape index (κ3) is 2.91. The monoisotopic (exact) mass is 176 g/mol. The van der Waals surface area contributed by atoms with Crippen molar-refractivity contribution in [3.63, 3.8) is 0 Å². The van der Waals surface area contributed by atoms with Crippen molar-refractivity contribution in [1.29, 1.82) is 0 Å². The molecule has 0 saturated carbocycles. The normalized spacial score (nSPS) is 14.4. The molecule has 3 N–H and O–H groups in total. The predicted octanol–water partition coefficient (Wildman–Crippen LogP) is 1.07. The van der Waals surface area contributed by atoms with E-state index in [1.807, 2.05) is 13.8 Å². The van der Waals surface area contributed by atoms with Crippen LogP contribution in [0.5, 0.6) is 0 Å². The lowest BCUT2D eigenvalue weighted by Crippen LogP contribution is -2.27. The third-order valence-corrected chi connectivity index (χ3v) is 1.57. The van der Waals surface area contributed by atoms with Crippen molar-refractivity contribution in [2.75, 3.05) is 6.61 Å². The van der Waals surface area contributed by atoms with Gasteiger partial charge in [0.05, 0.1) is 12.3 Å². The van der Waals surface area contributed by atoms with Crippen molar-refractivity contribution in [3.8, 4) is 0 Å². The lowest BCUT2D eigenvalue weighted by atomic mass is 9.88. The second kappa shape index (κ2) is 4.36. The number of nitrogens with two attached hydrogens (primary N) is 1. The fourth-order valence-electron chi connectivity index (χ4n) is 0.584. The van der Waals surface area contributed by atoms with Crippen molar-refractivity contribution < 1.29 is 5.11 Å². The van der Waals surface area contributed by atoms with Gasteiger partial charge in [-0.2, -0.15) is 5.10 Å². The summed E-state index contributed by atoms with van der Waals surface area (Å²) in [6.07, 6.45) is 1.57. The van der Waals surface area contributed by atoms with Crippen LogP contribution in [0.1, 0.15) is 13.8 Å². The Morgan fingerprint density at radius 3 is 2.55 bits per heavy atom. The van der Waals surface area contributed by atoms with Crippen LogP contribution >= 0.6 is 11.6 Å². The molecule has 3 nitrogen and oxygen atoms in total. The molecule has 0 unspecified atom stereocenters. The zero-order valence-electron chi connectivity index (χ0n) is 6.71. The summed E-state index contributed by atoms with van der Waals surface area (Å²) in [6.45, 7) is 3.65. The van der Waals surface area contributed by atoms with Crippen molar-refractivity contribution >= 4 is 17.3 Å². The molecule has 4 heteroatoms. The quantitative estimate of drug-likeness (QED) is 0.384. The molecule has 0 aromatic rings. The number of aliphatic hydroxyl groups excluding tert-OH is 1. The van der Waals surface area contributed by atoms with Crippen LogP contribution in [-0.2, 0) is 0 Å². The molecule has 64 valence electrons. The number of rotatable bonds is 3. The zero-order chi connectivity index (χ0) is 8.91. The molecule has 0 saturated heterocycles. The zero-order valence-corrected chi connectivity index (χ0v) is 7.47. The van der Waals surface area contributed by atoms with E-state index in [9.17, 15) is 0 Å². The molecule has 0 spiro atoms. The Labute approximate surface area is 71.5 Å². The largest absolute Gasteiger partial charge is 0.395 e. The van der Waals surface area contributed by atoms with Crippen LogP contribution in [-0.4, -0.2) is 17.4 Å². The molecule has 0 heterocycles. The first-order valence-corrected chi connectivity index (χ1v) is 3.68. The standard InChI is InChI=1S/C7H13ClN2O/c1-7(2,5-11)6(10-9)3-4-8/h3-4,11H,5,9H2,1-2H3/b4-3-,10-6+. The van der Waals surface area contributed by atoms with Crippen molar-refractivity contribution in [1.82, 2.24) is 0 Å². The predicted molar refractivity (Wildman–Crippen MR) is 47.5 cm³/mol. The highest BCUT2D eigenvalue weighted by Crippen LogP contribution is 2.16. The fraction of sp³-hybridized carbons (Fsp3) is 0.571. The lowest BCUT2D eigenvalue weighted by Gasteiger charge is -2.20.